The van der Waals surface area contributed by atoms with Gasteiger partial charge in [-0.2, -0.15) is 4.98 Å². The first-order valence-corrected chi connectivity index (χ1v) is 12.0. The molecular weight excluding hydrogens is 424 g/mol. The molecular formula is C23H26N6O2S. The number of hydrogen-bond donors (Lipinski definition) is 0. The predicted octanol–water partition coefficient (Wildman–Crippen LogP) is 4.81. The lowest BCUT2D eigenvalue weighted by Gasteiger charge is -2.27. The molecule has 9 heteroatoms. The highest BCUT2D eigenvalue weighted by Gasteiger charge is 2.22. The summed E-state index contributed by atoms with van der Waals surface area (Å²) in [5, 5.41) is 13.9. The maximum Gasteiger partial charge on any atom is 0.237 e. The lowest BCUT2D eigenvalue weighted by molar-refractivity contribution is 0.391. The number of rotatable bonds is 8. The molecule has 0 unspecified atom stereocenters. The van der Waals surface area contributed by atoms with Crippen molar-refractivity contribution in [3.8, 4) is 11.4 Å². The molecule has 8 nitrogen and oxygen atoms in total. The topological polar surface area (TPSA) is 86.0 Å². The van der Waals surface area contributed by atoms with E-state index in [0.717, 1.165) is 41.9 Å². The molecule has 0 atom stereocenters. The average Bonchev–Trinajstić information content (AvgIpc) is 3.60. The highest BCUT2D eigenvalue weighted by Crippen LogP contribution is 2.28. The summed E-state index contributed by atoms with van der Waals surface area (Å²) in [6.07, 6.45) is 6.33. The van der Waals surface area contributed by atoms with Gasteiger partial charge in [-0.25, -0.2) is 0 Å². The molecule has 1 saturated heterocycles. The van der Waals surface area contributed by atoms with Crippen LogP contribution in [-0.2, 0) is 18.7 Å². The highest BCUT2D eigenvalue weighted by molar-refractivity contribution is 7.98. The number of anilines is 1. The Balaban J connectivity index is 1.32. The van der Waals surface area contributed by atoms with E-state index in [4.69, 9.17) is 8.94 Å². The van der Waals surface area contributed by atoms with Gasteiger partial charge in [-0.3, -0.25) is 4.57 Å². The van der Waals surface area contributed by atoms with Gasteiger partial charge < -0.3 is 13.8 Å². The van der Waals surface area contributed by atoms with Gasteiger partial charge in [-0.1, -0.05) is 48.1 Å². The van der Waals surface area contributed by atoms with E-state index in [2.05, 4.69) is 48.9 Å². The standard InChI is InChI=1S/C23H26N6O2S/c1-2-17-8-10-18(11-9-17)21-24-20(31-27-21)16-32-23-26-25-22(28-12-4-3-5-13-28)29(23)15-19-7-6-14-30-19/h6-11,14H,2-5,12-13,15-16H2,1H3. The first kappa shape index (κ1) is 20.8. The van der Waals surface area contributed by atoms with Gasteiger partial charge >= 0.3 is 0 Å². The first-order valence-electron chi connectivity index (χ1n) is 11.1. The fourth-order valence-corrected chi connectivity index (χ4v) is 4.63. The molecule has 0 N–H and O–H groups in total. The molecule has 0 spiro atoms. The third-order valence-electron chi connectivity index (χ3n) is 5.64. The second-order valence-corrected chi connectivity index (χ2v) is 8.79. The van der Waals surface area contributed by atoms with E-state index in [1.807, 2.05) is 24.3 Å². The maximum absolute atomic E-state index is 5.59. The van der Waals surface area contributed by atoms with Crippen LogP contribution in [0.2, 0.25) is 0 Å². The first-order chi connectivity index (χ1) is 15.8. The molecule has 0 saturated carbocycles. The summed E-state index contributed by atoms with van der Waals surface area (Å²) < 4.78 is 13.2. The maximum atomic E-state index is 5.59. The zero-order valence-corrected chi connectivity index (χ0v) is 18.9. The van der Waals surface area contributed by atoms with Gasteiger partial charge in [0.25, 0.3) is 0 Å². The lowest BCUT2D eigenvalue weighted by atomic mass is 10.1. The molecule has 1 aliphatic rings. The highest BCUT2D eigenvalue weighted by atomic mass is 32.2. The summed E-state index contributed by atoms with van der Waals surface area (Å²) in [7, 11) is 0. The SMILES string of the molecule is CCc1ccc(-c2noc(CSc3nnc(N4CCCCC4)n3Cc3ccco3)n2)cc1. The summed E-state index contributed by atoms with van der Waals surface area (Å²) in [6.45, 7) is 4.74. The number of aromatic nitrogens is 5. The fourth-order valence-electron chi connectivity index (χ4n) is 3.86. The quantitative estimate of drug-likeness (QED) is 0.353. The van der Waals surface area contributed by atoms with Crippen molar-refractivity contribution in [3.05, 3.63) is 59.9 Å². The van der Waals surface area contributed by atoms with E-state index in [0.29, 0.717) is 24.0 Å². The van der Waals surface area contributed by atoms with Gasteiger partial charge in [0.15, 0.2) is 5.16 Å². The molecule has 1 fully saturated rings. The monoisotopic (exact) mass is 450 g/mol. The van der Waals surface area contributed by atoms with Gasteiger partial charge in [0.05, 0.1) is 18.6 Å². The molecule has 4 aromatic rings. The molecule has 4 heterocycles. The normalized spacial score (nSPS) is 14.2. The number of thioether (sulfide) groups is 1. The molecule has 1 aromatic carbocycles. The second kappa shape index (κ2) is 9.60. The van der Waals surface area contributed by atoms with Crippen LogP contribution < -0.4 is 4.90 Å². The Labute approximate surface area is 191 Å². The van der Waals surface area contributed by atoms with Crippen molar-refractivity contribution >= 4 is 17.7 Å². The Morgan fingerprint density at radius 3 is 2.62 bits per heavy atom. The predicted molar refractivity (Wildman–Crippen MR) is 123 cm³/mol. The van der Waals surface area contributed by atoms with E-state index >= 15 is 0 Å². The number of benzene rings is 1. The van der Waals surface area contributed by atoms with Gasteiger partial charge in [0.2, 0.25) is 17.7 Å². The Bertz CT molecular complexity index is 1130. The van der Waals surface area contributed by atoms with Crippen LogP contribution in [0.5, 0.6) is 0 Å². The molecule has 0 radical (unpaired) electrons. The summed E-state index contributed by atoms with van der Waals surface area (Å²) in [6, 6.07) is 12.1. The summed E-state index contributed by atoms with van der Waals surface area (Å²) in [5.74, 6) is 3.47. The molecule has 5 rings (SSSR count). The van der Waals surface area contributed by atoms with E-state index in [9.17, 15) is 0 Å². The Kier molecular flexibility index (Phi) is 6.24. The molecule has 0 bridgehead atoms. The number of furan rings is 1. The summed E-state index contributed by atoms with van der Waals surface area (Å²) in [5.41, 5.74) is 2.24. The van der Waals surface area contributed by atoms with Crippen LogP contribution in [0, 0.1) is 0 Å². The number of aryl methyl sites for hydroxylation is 1. The van der Waals surface area contributed by atoms with Gasteiger partial charge in [-0.15, -0.1) is 10.2 Å². The third-order valence-corrected chi connectivity index (χ3v) is 6.60. The molecule has 1 aliphatic heterocycles. The van der Waals surface area contributed by atoms with Crippen molar-refractivity contribution in [3.63, 3.8) is 0 Å². The summed E-state index contributed by atoms with van der Waals surface area (Å²) >= 11 is 1.55. The van der Waals surface area contributed by atoms with E-state index in [-0.39, 0.29) is 0 Å². The van der Waals surface area contributed by atoms with Crippen molar-refractivity contribution < 1.29 is 8.94 Å². The van der Waals surface area contributed by atoms with Crippen molar-refractivity contribution in [2.75, 3.05) is 18.0 Å². The molecule has 0 aliphatic carbocycles. The lowest BCUT2D eigenvalue weighted by Crippen LogP contribution is -2.32. The largest absolute Gasteiger partial charge is 0.467 e. The Hall–Kier alpha value is -3.07. The Morgan fingerprint density at radius 2 is 1.88 bits per heavy atom. The zero-order valence-electron chi connectivity index (χ0n) is 18.1. The van der Waals surface area contributed by atoms with Crippen molar-refractivity contribution in [2.24, 2.45) is 0 Å². The van der Waals surface area contributed by atoms with Crippen LogP contribution in [0.25, 0.3) is 11.4 Å². The average molecular weight is 451 g/mol. The minimum absolute atomic E-state index is 0.524. The van der Waals surface area contributed by atoms with Gasteiger partial charge in [0.1, 0.15) is 5.76 Å². The van der Waals surface area contributed by atoms with E-state index in [1.54, 1.807) is 18.0 Å². The second-order valence-electron chi connectivity index (χ2n) is 7.85. The van der Waals surface area contributed by atoms with E-state index < -0.39 is 0 Å². The van der Waals surface area contributed by atoms with Crippen LogP contribution in [0.3, 0.4) is 0 Å². The van der Waals surface area contributed by atoms with Gasteiger partial charge in [-0.05, 0) is 43.4 Å². The van der Waals surface area contributed by atoms with Crippen molar-refractivity contribution in [1.82, 2.24) is 24.9 Å². The molecule has 166 valence electrons. The number of hydrogen-bond acceptors (Lipinski definition) is 8. The number of piperidine rings is 1. The fraction of sp³-hybridized carbons (Fsp3) is 0.391. The van der Waals surface area contributed by atoms with Crippen LogP contribution in [-0.4, -0.2) is 38.0 Å². The minimum Gasteiger partial charge on any atom is -0.467 e. The molecule has 32 heavy (non-hydrogen) atoms. The zero-order chi connectivity index (χ0) is 21.8. The van der Waals surface area contributed by atoms with Crippen LogP contribution in [0.4, 0.5) is 5.95 Å². The van der Waals surface area contributed by atoms with Crippen LogP contribution in [0.1, 0.15) is 43.4 Å². The van der Waals surface area contributed by atoms with Crippen molar-refractivity contribution in [1.29, 1.82) is 0 Å². The van der Waals surface area contributed by atoms with Gasteiger partial charge in [0, 0.05) is 18.7 Å². The molecule has 0 amide bonds. The summed E-state index contributed by atoms with van der Waals surface area (Å²) in [4.78, 5) is 6.88. The Morgan fingerprint density at radius 1 is 1.03 bits per heavy atom. The van der Waals surface area contributed by atoms with Crippen LogP contribution in [0.15, 0.2) is 56.8 Å². The van der Waals surface area contributed by atoms with E-state index in [1.165, 1.54) is 24.8 Å². The molecule has 3 aromatic heterocycles. The minimum atomic E-state index is 0.524. The van der Waals surface area contributed by atoms with Crippen LogP contribution >= 0.6 is 11.8 Å². The number of nitrogens with zero attached hydrogens (tertiary/aromatic N) is 6. The smallest absolute Gasteiger partial charge is 0.237 e. The van der Waals surface area contributed by atoms with Crippen molar-refractivity contribution in [2.45, 2.75) is 50.1 Å². The third kappa shape index (κ3) is 4.57.